The van der Waals surface area contributed by atoms with Crippen molar-refractivity contribution in [1.82, 2.24) is 0 Å². The van der Waals surface area contributed by atoms with E-state index in [4.69, 9.17) is 16.3 Å². The van der Waals surface area contributed by atoms with Crippen LogP contribution in [0.5, 0.6) is 11.5 Å². The third-order valence-corrected chi connectivity index (χ3v) is 3.81. The molecule has 0 atom stereocenters. The number of nitrogens with zero attached hydrogens (tertiary/aromatic N) is 1. The second-order valence-electron chi connectivity index (χ2n) is 4.67. The number of benzene rings is 2. The second-order valence-corrected chi connectivity index (χ2v) is 5.67. The lowest BCUT2D eigenvalue weighted by atomic mass is 10.1. The Hall–Kier alpha value is -1.59. The number of hydrogen-bond donors (Lipinski definition) is 0. The van der Waals surface area contributed by atoms with E-state index in [2.05, 4.69) is 15.9 Å². The molecular weight excluding hydrogens is 358 g/mol. The lowest BCUT2D eigenvalue weighted by Crippen LogP contribution is -1.98. The van der Waals surface area contributed by atoms with Crippen LogP contribution in [0.2, 0.25) is 5.02 Å². The summed E-state index contributed by atoms with van der Waals surface area (Å²) in [6.07, 6.45) is 0. The zero-order valence-electron chi connectivity index (χ0n) is 11.5. The smallest absolute Gasteiger partial charge is 0.312 e. The van der Waals surface area contributed by atoms with Gasteiger partial charge in [0.25, 0.3) is 0 Å². The third kappa shape index (κ3) is 3.54. The Labute approximate surface area is 136 Å². The van der Waals surface area contributed by atoms with Crippen LogP contribution in [-0.4, -0.2) is 4.92 Å². The number of nitro groups is 1. The number of halogens is 2. The van der Waals surface area contributed by atoms with Crippen molar-refractivity contribution in [3.8, 4) is 11.5 Å². The van der Waals surface area contributed by atoms with E-state index in [0.717, 1.165) is 16.7 Å². The maximum Gasteiger partial charge on any atom is 0.312 e. The zero-order valence-corrected chi connectivity index (χ0v) is 13.9. The Kier molecular flexibility index (Phi) is 4.85. The molecule has 0 saturated heterocycles. The van der Waals surface area contributed by atoms with Crippen molar-refractivity contribution in [2.45, 2.75) is 19.2 Å². The van der Waals surface area contributed by atoms with Crippen LogP contribution < -0.4 is 4.74 Å². The minimum absolute atomic E-state index is 0.0389. The van der Waals surface area contributed by atoms with Gasteiger partial charge in [0.2, 0.25) is 5.75 Å². The highest BCUT2D eigenvalue weighted by Gasteiger charge is 2.20. The summed E-state index contributed by atoms with van der Waals surface area (Å²) in [4.78, 5) is 10.8. The fraction of sp³-hybridized carbons (Fsp3) is 0.200. The van der Waals surface area contributed by atoms with Gasteiger partial charge in [-0.3, -0.25) is 10.1 Å². The van der Waals surface area contributed by atoms with E-state index in [-0.39, 0.29) is 11.4 Å². The summed E-state index contributed by atoms with van der Waals surface area (Å²) < 4.78 is 5.80. The van der Waals surface area contributed by atoms with Gasteiger partial charge in [0.05, 0.1) is 4.92 Å². The highest BCUT2D eigenvalue weighted by molar-refractivity contribution is 9.08. The average Bonchev–Trinajstić information content (AvgIpc) is 2.42. The Bertz CT molecular complexity index is 704. The molecular formula is C15H13BrClNO3. The van der Waals surface area contributed by atoms with E-state index < -0.39 is 4.92 Å². The Morgan fingerprint density at radius 1 is 1.29 bits per heavy atom. The van der Waals surface area contributed by atoms with Crippen LogP contribution in [0.3, 0.4) is 0 Å². The van der Waals surface area contributed by atoms with E-state index in [1.807, 2.05) is 13.0 Å². The molecule has 0 heterocycles. The van der Waals surface area contributed by atoms with Crippen molar-refractivity contribution in [2.75, 3.05) is 0 Å². The number of nitro benzene ring substituents is 1. The summed E-state index contributed by atoms with van der Waals surface area (Å²) in [5.74, 6) is 0.807. The molecule has 2 aromatic rings. The summed E-state index contributed by atoms with van der Waals surface area (Å²) in [5, 5.41) is 12.4. The van der Waals surface area contributed by atoms with Gasteiger partial charge in [-0.2, -0.15) is 0 Å². The van der Waals surface area contributed by atoms with Crippen molar-refractivity contribution in [1.29, 1.82) is 0 Å². The van der Waals surface area contributed by atoms with Crippen molar-refractivity contribution in [3.05, 3.63) is 62.2 Å². The van der Waals surface area contributed by atoms with Crippen LogP contribution in [0, 0.1) is 24.0 Å². The Balaban J connectivity index is 2.51. The Morgan fingerprint density at radius 2 is 2.00 bits per heavy atom. The molecule has 0 aliphatic heterocycles. The largest absolute Gasteiger partial charge is 0.450 e. The molecule has 0 fully saturated rings. The molecule has 0 N–H and O–H groups in total. The lowest BCUT2D eigenvalue weighted by Gasteiger charge is -2.13. The van der Waals surface area contributed by atoms with Gasteiger partial charge in [-0.1, -0.05) is 33.6 Å². The predicted octanol–water partition coefficient (Wildman–Crippen LogP) is 5.55. The summed E-state index contributed by atoms with van der Waals surface area (Å²) in [6, 6.07) is 8.53. The van der Waals surface area contributed by atoms with E-state index >= 15 is 0 Å². The van der Waals surface area contributed by atoms with Crippen LogP contribution in [0.4, 0.5) is 5.69 Å². The summed E-state index contributed by atoms with van der Waals surface area (Å²) in [7, 11) is 0. The first-order chi connectivity index (χ1) is 9.92. The molecule has 110 valence electrons. The average molecular weight is 371 g/mol. The standard InChI is InChI=1S/C15H13BrClNO3/c1-9-5-10(2)15(13(6-9)18(19)20)21-14-4-3-12(17)7-11(14)8-16/h3-7H,8H2,1-2H3. The molecule has 0 amide bonds. The molecule has 0 bridgehead atoms. The van der Waals surface area contributed by atoms with E-state index in [1.165, 1.54) is 6.07 Å². The van der Waals surface area contributed by atoms with Crippen molar-refractivity contribution < 1.29 is 9.66 Å². The quantitative estimate of drug-likeness (QED) is 0.402. The van der Waals surface area contributed by atoms with Gasteiger partial charge in [-0.05, 0) is 43.2 Å². The Morgan fingerprint density at radius 3 is 2.62 bits per heavy atom. The number of ether oxygens (including phenoxy) is 1. The van der Waals surface area contributed by atoms with Gasteiger partial charge < -0.3 is 4.74 Å². The maximum absolute atomic E-state index is 11.2. The van der Waals surface area contributed by atoms with Gasteiger partial charge in [0.1, 0.15) is 5.75 Å². The first kappa shape index (κ1) is 15.8. The van der Waals surface area contributed by atoms with Gasteiger partial charge in [-0.25, -0.2) is 0 Å². The van der Waals surface area contributed by atoms with Crippen molar-refractivity contribution in [2.24, 2.45) is 0 Å². The minimum Gasteiger partial charge on any atom is -0.450 e. The molecule has 0 spiro atoms. The van der Waals surface area contributed by atoms with E-state index in [0.29, 0.717) is 16.1 Å². The number of hydrogen-bond acceptors (Lipinski definition) is 3. The molecule has 6 heteroatoms. The van der Waals surface area contributed by atoms with Crippen molar-refractivity contribution >= 4 is 33.2 Å². The van der Waals surface area contributed by atoms with Gasteiger partial charge in [-0.15, -0.1) is 0 Å². The van der Waals surface area contributed by atoms with E-state index in [9.17, 15) is 10.1 Å². The molecule has 2 aromatic carbocycles. The normalized spacial score (nSPS) is 10.5. The number of aryl methyl sites for hydroxylation is 2. The van der Waals surface area contributed by atoms with Crippen LogP contribution in [0.25, 0.3) is 0 Å². The molecule has 2 rings (SSSR count). The molecule has 0 aromatic heterocycles. The van der Waals surface area contributed by atoms with Gasteiger partial charge in [0, 0.05) is 22.0 Å². The second kappa shape index (κ2) is 6.45. The lowest BCUT2D eigenvalue weighted by molar-refractivity contribution is -0.385. The maximum atomic E-state index is 11.2. The molecule has 0 saturated carbocycles. The molecule has 4 nitrogen and oxygen atoms in total. The highest BCUT2D eigenvalue weighted by Crippen LogP contribution is 2.37. The number of rotatable bonds is 4. The van der Waals surface area contributed by atoms with Crippen LogP contribution in [-0.2, 0) is 5.33 Å². The molecule has 0 unspecified atom stereocenters. The fourth-order valence-electron chi connectivity index (χ4n) is 2.06. The summed E-state index contributed by atoms with van der Waals surface area (Å²) >= 11 is 9.31. The fourth-order valence-corrected chi connectivity index (χ4v) is 2.70. The first-order valence-electron chi connectivity index (χ1n) is 6.20. The number of alkyl halides is 1. The first-order valence-corrected chi connectivity index (χ1v) is 7.70. The van der Waals surface area contributed by atoms with Crippen molar-refractivity contribution in [3.63, 3.8) is 0 Å². The highest BCUT2D eigenvalue weighted by atomic mass is 79.9. The SMILES string of the molecule is Cc1cc(C)c(Oc2ccc(Cl)cc2CBr)c([N+](=O)[O-])c1. The predicted molar refractivity (Wildman–Crippen MR) is 86.7 cm³/mol. The van der Waals surface area contributed by atoms with Crippen LogP contribution in [0.1, 0.15) is 16.7 Å². The van der Waals surface area contributed by atoms with Crippen LogP contribution >= 0.6 is 27.5 Å². The van der Waals surface area contributed by atoms with E-state index in [1.54, 1.807) is 25.1 Å². The molecule has 0 aliphatic rings. The minimum atomic E-state index is -0.431. The summed E-state index contributed by atoms with van der Waals surface area (Å²) in [5.41, 5.74) is 2.33. The van der Waals surface area contributed by atoms with Crippen LogP contribution in [0.15, 0.2) is 30.3 Å². The zero-order chi connectivity index (χ0) is 15.6. The van der Waals surface area contributed by atoms with Gasteiger partial charge in [0.15, 0.2) is 0 Å². The molecule has 0 aliphatic carbocycles. The monoisotopic (exact) mass is 369 g/mol. The molecule has 21 heavy (non-hydrogen) atoms. The topological polar surface area (TPSA) is 52.4 Å². The third-order valence-electron chi connectivity index (χ3n) is 2.97. The van der Waals surface area contributed by atoms with Gasteiger partial charge >= 0.3 is 5.69 Å². The summed E-state index contributed by atoms with van der Waals surface area (Å²) in [6.45, 7) is 3.61. The molecule has 0 radical (unpaired) electrons.